The number of anilines is 1. The van der Waals surface area contributed by atoms with Crippen molar-refractivity contribution in [2.75, 3.05) is 5.32 Å². The Labute approximate surface area is 70.4 Å². The van der Waals surface area contributed by atoms with E-state index < -0.39 is 12.1 Å². The summed E-state index contributed by atoms with van der Waals surface area (Å²) in [4.78, 5) is 10.8. The van der Waals surface area contributed by atoms with Crippen LogP contribution in [0.25, 0.3) is 0 Å². The molecule has 1 aromatic carbocycles. The van der Waals surface area contributed by atoms with Crippen molar-refractivity contribution in [3.8, 4) is 0 Å². The van der Waals surface area contributed by atoms with Crippen LogP contribution in [0, 0.1) is 0 Å². The fourth-order valence-corrected chi connectivity index (χ4v) is 0.763. The Morgan fingerprint density at radius 3 is 2.50 bits per heavy atom. The number of carbonyl (C=O) groups is 1. The summed E-state index contributed by atoms with van der Waals surface area (Å²) in [7, 11) is 0. The van der Waals surface area contributed by atoms with Gasteiger partial charge >= 0.3 is 0 Å². The summed E-state index contributed by atoms with van der Waals surface area (Å²) < 4.78 is 12.4. The molecule has 0 saturated heterocycles. The molecule has 0 aliphatic heterocycles. The first-order chi connectivity index (χ1) is 5.70. The highest BCUT2D eigenvalue weighted by atomic mass is 19.1. The molecule has 2 nitrogen and oxygen atoms in total. The van der Waals surface area contributed by atoms with Gasteiger partial charge in [0.25, 0.3) is 5.91 Å². The molecule has 1 amide bonds. The maximum Gasteiger partial charge on any atom is 0.258 e. The second-order valence-electron chi connectivity index (χ2n) is 2.47. The summed E-state index contributed by atoms with van der Waals surface area (Å²) in [5.41, 5.74) is 0.618. The van der Waals surface area contributed by atoms with E-state index >= 15 is 0 Å². The second kappa shape index (κ2) is 3.85. The van der Waals surface area contributed by atoms with Crippen molar-refractivity contribution in [1.29, 1.82) is 0 Å². The van der Waals surface area contributed by atoms with Crippen LogP contribution >= 0.6 is 0 Å². The predicted octanol–water partition coefficient (Wildman–Crippen LogP) is 1.98. The minimum atomic E-state index is -1.47. The third-order valence-corrected chi connectivity index (χ3v) is 1.40. The molecular formula is C9H10FNO. The summed E-state index contributed by atoms with van der Waals surface area (Å²) in [6.45, 7) is 1.21. The minimum absolute atomic E-state index is 0.610. The maximum absolute atomic E-state index is 12.4. The van der Waals surface area contributed by atoms with Gasteiger partial charge in [0, 0.05) is 5.69 Å². The lowest BCUT2D eigenvalue weighted by molar-refractivity contribution is -0.120. The van der Waals surface area contributed by atoms with Crippen LogP contribution in [0.3, 0.4) is 0 Å². The molecule has 0 radical (unpaired) electrons. The van der Waals surface area contributed by atoms with E-state index in [2.05, 4.69) is 5.32 Å². The molecule has 0 fully saturated rings. The van der Waals surface area contributed by atoms with Gasteiger partial charge in [0.1, 0.15) is 0 Å². The average Bonchev–Trinajstić information content (AvgIpc) is 2.06. The van der Waals surface area contributed by atoms with Gasteiger partial charge in [0.15, 0.2) is 6.17 Å². The number of nitrogens with one attached hydrogen (secondary N) is 1. The molecule has 0 aliphatic carbocycles. The third kappa shape index (κ3) is 2.34. The molecule has 1 atom stereocenters. The van der Waals surface area contributed by atoms with Crippen molar-refractivity contribution in [2.24, 2.45) is 0 Å². The molecule has 3 heteroatoms. The largest absolute Gasteiger partial charge is 0.324 e. The summed E-state index contributed by atoms with van der Waals surface area (Å²) in [5, 5.41) is 2.43. The van der Waals surface area contributed by atoms with Crippen LogP contribution in [0.2, 0.25) is 0 Å². The molecule has 0 aliphatic rings. The Morgan fingerprint density at radius 1 is 1.42 bits per heavy atom. The molecule has 1 rings (SSSR count). The Balaban J connectivity index is 2.59. The first-order valence-electron chi connectivity index (χ1n) is 3.70. The van der Waals surface area contributed by atoms with Crippen molar-refractivity contribution in [3.63, 3.8) is 0 Å². The summed E-state index contributed by atoms with van der Waals surface area (Å²) in [6, 6.07) is 8.80. The number of hydrogen-bond donors (Lipinski definition) is 1. The molecular weight excluding hydrogens is 157 g/mol. The van der Waals surface area contributed by atoms with Crippen molar-refractivity contribution >= 4 is 11.6 Å². The number of carbonyl (C=O) groups excluding carboxylic acids is 1. The van der Waals surface area contributed by atoms with Gasteiger partial charge < -0.3 is 5.32 Å². The van der Waals surface area contributed by atoms with Gasteiger partial charge in [-0.05, 0) is 19.1 Å². The zero-order valence-corrected chi connectivity index (χ0v) is 6.75. The van der Waals surface area contributed by atoms with Crippen LogP contribution in [0.15, 0.2) is 30.3 Å². The molecule has 0 bridgehead atoms. The highest BCUT2D eigenvalue weighted by molar-refractivity contribution is 5.93. The van der Waals surface area contributed by atoms with Crippen LogP contribution < -0.4 is 5.32 Å². The monoisotopic (exact) mass is 167 g/mol. The quantitative estimate of drug-likeness (QED) is 0.717. The van der Waals surface area contributed by atoms with Crippen molar-refractivity contribution in [2.45, 2.75) is 13.1 Å². The highest BCUT2D eigenvalue weighted by Gasteiger charge is 2.09. The van der Waals surface area contributed by atoms with Crippen LogP contribution in [0.5, 0.6) is 0 Å². The summed E-state index contributed by atoms with van der Waals surface area (Å²) in [6.07, 6.45) is -1.47. The van der Waals surface area contributed by atoms with Crippen LogP contribution in [0.1, 0.15) is 6.92 Å². The van der Waals surface area contributed by atoms with E-state index in [-0.39, 0.29) is 0 Å². The molecule has 1 unspecified atom stereocenters. The smallest absolute Gasteiger partial charge is 0.258 e. The molecule has 0 heterocycles. The van der Waals surface area contributed by atoms with Gasteiger partial charge in [0.05, 0.1) is 0 Å². The number of benzene rings is 1. The fourth-order valence-electron chi connectivity index (χ4n) is 0.763. The molecule has 0 spiro atoms. The summed E-state index contributed by atoms with van der Waals surface area (Å²) in [5.74, 6) is -0.610. The van der Waals surface area contributed by atoms with E-state index in [1.807, 2.05) is 6.07 Å². The van der Waals surface area contributed by atoms with E-state index in [1.165, 1.54) is 6.92 Å². The number of alkyl halides is 1. The van der Waals surface area contributed by atoms with Crippen molar-refractivity contribution in [1.82, 2.24) is 0 Å². The molecule has 1 aromatic rings. The van der Waals surface area contributed by atoms with E-state index in [1.54, 1.807) is 24.3 Å². The third-order valence-electron chi connectivity index (χ3n) is 1.40. The summed E-state index contributed by atoms with van der Waals surface area (Å²) >= 11 is 0. The standard InChI is InChI=1S/C9H10FNO/c1-7(10)9(12)11-8-5-3-2-4-6-8/h2-7H,1H3,(H,11,12). The van der Waals surface area contributed by atoms with Gasteiger partial charge in [-0.15, -0.1) is 0 Å². The Kier molecular flexibility index (Phi) is 2.80. The van der Waals surface area contributed by atoms with Crippen LogP contribution in [-0.4, -0.2) is 12.1 Å². The number of amides is 1. The van der Waals surface area contributed by atoms with Crippen molar-refractivity contribution < 1.29 is 9.18 Å². The van der Waals surface area contributed by atoms with E-state index in [9.17, 15) is 9.18 Å². The first-order valence-corrected chi connectivity index (χ1v) is 3.70. The van der Waals surface area contributed by atoms with E-state index in [4.69, 9.17) is 0 Å². The van der Waals surface area contributed by atoms with Crippen LogP contribution in [-0.2, 0) is 4.79 Å². The Bertz CT molecular complexity index is 258. The minimum Gasteiger partial charge on any atom is -0.324 e. The van der Waals surface area contributed by atoms with Gasteiger partial charge in [-0.1, -0.05) is 18.2 Å². The molecule has 0 saturated carbocycles. The fraction of sp³-hybridized carbons (Fsp3) is 0.222. The highest BCUT2D eigenvalue weighted by Crippen LogP contribution is 2.05. The Hall–Kier alpha value is -1.38. The number of rotatable bonds is 2. The van der Waals surface area contributed by atoms with Crippen LogP contribution in [0.4, 0.5) is 10.1 Å². The van der Waals surface area contributed by atoms with Gasteiger partial charge in [0.2, 0.25) is 0 Å². The lowest BCUT2D eigenvalue weighted by Crippen LogP contribution is -2.20. The number of hydrogen-bond acceptors (Lipinski definition) is 1. The molecule has 0 aromatic heterocycles. The van der Waals surface area contributed by atoms with E-state index in [0.717, 1.165) is 0 Å². The predicted molar refractivity (Wildman–Crippen MR) is 45.6 cm³/mol. The van der Waals surface area contributed by atoms with Gasteiger partial charge in [-0.25, -0.2) is 4.39 Å². The molecule has 12 heavy (non-hydrogen) atoms. The topological polar surface area (TPSA) is 29.1 Å². The van der Waals surface area contributed by atoms with Gasteiger partial charge in [-0.3, -0.25) is 4.79 Å². The van der Waals surface area contributed by atoms with E-state index in [0.29, 0.717) is 5.69 Å². The average molecular weight is 167 g/mol. The molecule has 64 valence electrons. The van der Waals surface area contributed by atoms with Crippen molar-refractivity contribution in [3.05, 3.63) is 30.3 Å². The normalized spacial score (nSPS) is 12.2. The number of para-hydroxylation sites is 1. The number of halogens is 1. The lowest BCUT2D eigenvalue weighted by Gasteiger charge is -2.04. The zero-order valence-electron chi connectivity index (χ0n) is 6.75. The van der Waals surface area contributed by atoms with Gasteiger partial charge in [-0.2, -0.15) is 0 Å². The zero-order chi connectivity index (χ0) is 8.97. The maximum atomic E-state index is 12.4. The SMILES string of the molecule is CC(F)C(=O)Nc1ccccc1. The lowest BCUT2D eigenvalue weighted by atomic mass is 10.3. The first kappa shape index (κ1) is 8.71. The second-order valence-corrected chi connectivity index (χ2v) is 2.47. The molecule has 1 N–H and O–H groups in total. The Morgan fingerprint density at radius 2 is 2.00 bits per heavy atom.